The third kappa shape index (κ3) is 2.91. The van der Waals surface area contributed by atoms with Crippen molar-refractivity contribution in [1.82, 2.24) is 19.9 Å². The predicted molar refractivity (Wildman–Crippen MR) is 108 cm³/mol. The van der Waals surface area contributed by atoms with Crippen LogP contribution in [0, 0.1) is 0 Å². The molecule has 5 nitrogen and oxygen atoms in total. The van der Waals surface area contributed by atoms with Crippen LogP contribution in [-0.2, 0) is 13.0 Å². The van der Waals surface area contributed by atoms with E-state index in [4.69, 9.17) is 4.98 Å². The van der Waals surface area contributed by atoms with E-state index in [2.05, 4.69) is 22.1 Å². The topological polar surface area (TPSA) is 59.0 Å². The molecule has 1 amide bonds. The number of aromatic nitrogens is 3. The Bertz CT molecular complexity index is 1170. The van der Waals surface area contributed by atoms with E-state index in [1.165, 1.54) is 0 Å². The number of rotatable bonds is 4. The minimum absolute atomic E-state index is 0.0377. The summed E-state index contributed by atoms with van der Waals surface area (Å²) in [6.07, 6.45) is 5.97. The first-order valence-corrected chi connectivity index (χ1v) is 9.32. The molecule has 4 heterocycles. The highest BCUT2D eigenvalue weighted by atomic mass is 16.2. The average Bonchev–Trinajstić information content (AvgIpc) is 3.08. The summed E-state index contributed by atoms with van der Waals surface area (Å²) in [5.41, 5.74) is 5.43. The van der Waals surface area contributed by atoms with Gasteiger partial charge < -0.3 is 4.90 Å². The van der Waals surface area contributed by atoms with Gasteiger partial charge in [0.25, 0.3) is 5.91 Å². The van der Waals surface area contributed by atoms with Gasteiger partial charge in [-0.25, -0.2) is 0 Å². The number of hydrogen-bond acceptors (Lipinski definition) is 4. The molecule has 1 aromatic carbocycles. The predicted octanol–water partition coefficient (Wildman–Crippen LogP) is 3.89. The summed E-state index contributed by atoms with van der Waals surface area (Å²) in [6, 6.07) is 17.9. The van der Waals surface area contributed by atoms with Gasteiger partial charge in [0.1, 0.15) is 0 Å². The number of nitrogens with zero attached hydrogens (tertiary/aromatic N) is 4. The second-order valence-corrected chi connectivity index (χ2v) is 6.89. The van der Waals surface area contributed by atoms with E-state index < -0.39 is 0 Å². The lowest BCUT2D eigenvalue weighted by atomic mass is 10.0. The molecule has 0 saturated carbocycles. The molecule has 0 bridgehead atoms. The summed E-state index contributed by atoms with van der Waals surface area (Å²) < 4.78 is 0. The third-order valence-corrected chi connectivity index (χ3v) is 5.16. The second-order valence-electron chi connectivity index (χ2n) is 6.89. The van der Waals surface area contributed by atoms with Crippen molar-refractivity contribution in [3.8, 4) is 11.1 Å². The highest BCUT2D eigenvalue weighted by Crippen LogP contribution is 2.31. The van der Waals surface area contributed by atoms with E-state index >= 15 is 0 Å². The van der Waals surface area contributed by atoms with Crippen molar-refractivity contribution in [2.45, 2.75) is 13.0 Å². The van der Waals surface area contributed by atoms with Crippen LogP contribution < -0.4 is 0 Å². The van der Waals surface area contributed by atoms with E-state index in [1.54, 1.807) is 18.6 Å². The number of pyridine rings is 3. The molecule has 0 spiro atoms. The van der Waals surface area contributed by atoms with Gasteiger partial charge in [-0.2, -0.15) is 0 Å². The summed E-state index contributed by atoms with van der Waals surface area (Å²) in [5, 5.41) is 1.13. The Morgan fingerprint density at radius 1 is 0.929 bits per heavy atom. The van der Waals surface area contributed by atoms with Crippen molar-refractivity contribution in [3.63, 3.8) is 0 Å². The molecular weight excluding hydrogens is 348 g/mol. The Kier molecular flexibility index (Phi) is 4.05. The van der Waals surface area contributed by atoms with E-state index in [0.29, 0.717) is 18.7 Å². The molecular formula is C23H18N4O. The molecule has 1 aliphatic heterocycles. The molecule has 136 valence electrons. The zero-order valence-electron chi connectivity index (χ0n) is 15.2. The molecule has 5 rings (SSSR count). The van der Waals surface area contributed by atoms with Gasteiger partial charge in [0.05, 0.1) is 23.3 Å². The first kappa shape index (κ1) is 16.6. The van der Waals surface area contributed by atoms with Crippen LogP contribution in [0.2, 0.25) is 0 Å². The quantitative estimate of drug-likeness (QED) is 0.550. The maximum absolute atomic E-state index is 13.1. The molecule has 1 aliphatic rings. The third-order valence-electron chi connectivity index (χ3n) is 5.16. The Hall–Kier alpha value is -3.60. The maximum Gasteiger partial charge on any atom is 0.256 e. The lowest BCUT2D eigenvalue weighted by Gasteiger charge is -2.15. The van der Waals surface area contributed by atoms with Crippen LogP contribution in [0.5, 0.6) is 0 Å². The molecule has 0 saturated heterocycles. The van der Waals surface area contributed by atoms with Crippen molar-refractivity contribution in [1.29, 1.82) is 0 Å². The van der Waals surface area contributed by atoms with Gasteiger partial charge in [0.15, 0.2) is 0 Å². The molecule has 0 unspecified atom stereocenters. The van der Waals surface area contributed by atoms with Crippen LogP contribution in [-0.4, -0.2) is 32.3 Å². The fraction of sp³-hybridized carbons (Fsp3) is 0.130. The van der Waals surface area contributed by atoms with Crippen LogP contribution in [0.25, 0.3) is 22.0 Å². The number of fused-ring (bicyclic) bond motifs is 2. The highest BCUT2D eigenvalue weighted by molar-refractivity contribution is 6.04. The number of hydrogen-bond donors (Lipinski definition) is 0. The van der Waals surface area contributed by atoms with Gasteiger partial charge in [-0.05, 0) is 41.5 Å². The van der Waals surface area contributed by atoms with Crippen LogP contribution in [0.1, 0.15) is 21.7 Å². The van der Waals surface area contributed by atoms with E-state index in [1.807, 2.05) is 47.4 Å². The Labute approximate surface area is 162 Å². The molecule has 4 aromatic rings. The standard InChI is InChI=1S/C23H18N4O/c28-23-22-19(16-7-11-24-12-8-16)9-13-25-21(22)15-27(23)14-10-18-6-5-17-3-1-2-4-20(17)26-18/h1-9,11-13H,10,14-15H2. The molecule has 5 heteroatoms. The Morgan fingerprint density at radius 3 is 2.68 bits per heavy atom. The minimum Gasteiger partial charge on any atom is -0.332 e. The molecule has 0 atom stereocenters. The number of carbonyl (C=O) groups excluding carboxylic acids is 1. The van der Waals surface area contributed by atoms with Gasteiger partial charge in [0, 0.05) is 42.6 Å². The van der Waals surface area contributed by atoms with Gasteiger partial charge in [-0.15, -0.1) is 0 Å². The van der Waals surface area contributed by atoms with Crippen molar-refractivity contribution >= 4 is 16.8 Å². The van der Waals surface area contributed by atoms with Crippen molar-refractivity contribution in [3.05, 3.63) is 90.1 Å². The van der Waals surface area contributed by atoms with Gasteiger partial charge >= 0.3 is 0 Å². The molecule has 0 N–H and O–H groups in total. The number of amides is 1. The van der Waals surface area contributed by atoms with E-state index in [-0.39, 0.29) is 5.91 Å². The summed E-state index contributed by atoms with van der Waals surface area (Å²) >= 11 is 0. The van der Waals surface area contributed by atoms with Crippen molar-refractivity contribution < 1.29 is 4.79 Å². The van der Waals surface area contributed by atoms with E-state index in [0.717, 1.165) is 39.8 Å². The van der Waals surface area contributed by atoms with Crippen LogP contribution >= 0.6 is 0 Å². The van der Waals surface area contributed by atoms with Gasteiger partial charge in [0.2, 0.25) is 0 Å². The molecule has 28 heavy (non-hydrogen) atoms. The SMILES string of the molecule is O=C1c2c(-c3ccncc3)ccnc2CN1CCc1ccc2ccccc2n1. The fourth-order valence-electron chi connectivity index (χ4n) is 3.72. The smallest absolute Gasteiger partial charge is 0.256 e. The number of para-hydroxylation sites is 1. The fourth-order valence-corrected chi connectivity index (χ4v) is 3.72. The monoisotopic (exact) mass is 366 g/mol. The zero-order valence-corrected chi connectivity index (χ0v) is 15.2. The normalized spacial score (nSPS) is 13.1. The molecule has 0 fully saturated rings. The van der Waals surface area contributed by atoms with Gasteiger partial charge in [-0.3, -0.25) is 19.7 Å². The van der Waals surface area contributed by atoms with Gasteiger partial charge in [-0.1, -0.05) is 24.3 Å². The lowest BCUT2D eigenvalue weighted by Crippen LogP contribution is -2.26. The Morgan fingerprint density at radius 2 is 1.79 bits per heavy atom. The number of carbonyl (C=O) groups is 1. The summed E-state index contributed by atoms with van der Waals surface area (Å²) in [4.78, 5) is 28.2. The number of benzene rings is 1. The summed E-state index contributed by atoms with van der Waals surface area (Å²) in [5.74, 6) is 0.0377. The van der Waals surface area contributed by atoms with Crippen LogP contribution in [0.3, 0.4) is 0 Å². The van der Waals surface area contributed by atoms with Crippen molar-refractivity contribution in [2.75, 3.05) is 6.54 Å². The Balaban J connectivity index is 1.38. The minimum atomic E-state index is 0.0377. The van der Waals surface area contributed by atoms with Crippen LogP contribution in [0.4, 0.5) is 0 Å². The van der Waals surface area contributed by atoms with E-state index in [9.17, 15) is 4.79 Å². The highest BCUT2D eigenvalue weighted by Gasteiger charge is 2.31. The average molecular weight is 366 g/mol. The second kappa shape index (κ2) is 6.85. The largest absolute Gasteiger partial charge is 0.332 e. The molecule has 0 aliphatic carbocycles. The molecule has 0 radical (unpaired) electrons. The van der Waals surface area contributed by atoms with Crippen molar-refractivity contribution in [2.24, 2.45) is 0 Å². The summed E-state index contributed by atoms with van der Waals surface area (Å²) in [6.45, 7) is 1.16. The molecule has 3 aromatic heterocycles. The zero-order chi connectivity index (χ0) is 18.9. The maximum atomic E-state index is 13.1. The first-order valence-electron chi connectivity index (χ1n) is 9.32. The first-order chi connectivity index (χ1) is 13.8. The summed E-state index contributed by atoms with van der Waals surface area (Å²) in [7, 11) is 0. The lowest BCUT2D eigenvalue weighted by molar-refractivity contribution is 0.0780. The van der Waals surface area contributed by atoms with Crippen LogP contribution in [0.15, 0.2) is 73.2 Å².